The number of benzene rings is 1. The molecule has 0 atom stereocenters. The molecule has 0 saturated carbocycles. The number of unbranched alkanes of at least 4 members (excludes halogenated alkanes) is 1. The zero-order chi connectivity index (χ0) is 15.2. The van der Waals surface area contributed by atoms with E-state index in [4.69, 9.17) is 16.3 Å². The van der Waals surface area contributed by atoms with Crippen molar-refractivity contribution in [2.75, 3.05) is 19.1 Å². The van der Waals surface area contributed by atoms with Crippen molar-refractivity contribution in [3.63, 3.8) is 0 Å². The second-order valence-electron chi connectivity index (χ2n) is 4.84. The van der Waals surface area contributed by atoms with Gasteiger partial charge in [0.2, 0.25) is 0 Å². The number of halogens is 3. The second-order valence-corrected chi connectivity index (χ2v) is 5.22. The van der Waals surface area contributed by atoms with Gasteiger partial charge in [-0.25, -0.2) is 13.8 Å². The van der Waals surface area contributed by atoms with Gasteiger partial charge in [-0.1, -0.05) is 13.3 Å². The molecule has 0 aliphatic heterocycles. The summed E-state index contributed by atoms with van der Waals surface area (Å²) in [6, 6.07) is 2.15. The van der Waals surface area contributed by atoms with Crippen LogP contribution in [0.2, 0.25) is 0 Å². The average Bonchev–Trinajstić information content (AvgIpc) is 2.78. The van der Waals surface area contributed by atoms with Crippen molar-refractivity contribution in [3.05, 3.63) is 29.6 Å². The fraction of sp³-hybridized carbons (Fsp3) is 0.533. The maximum Gasteiger partial charge on any atom is 0.153 e. The summed E-state index contributed by atoms with van der Waals surface area (Å²) in [5, 5.41) is 0. The topological polar surface area (TPSA) is 27.1 Å². The van der Waals surface area contributed by atoms with Crippen LogP contribution in [0.15, 0.2) is 12.1 Å². The smallest absolute Gasteiger partial charge is 0.153 e. The molecule has 1 aromatic heterocycles. The van der Waals surface area contributed by atoms with Gasteiger partial charge < -0.3 is 9.30 Å². The molecule has 0 spiro atoms. The molecule has 1 aromatic carbocycles. The third-order valence-electron chi connectivity index (χ3n) is 3.27. The third-order valence-corrected chi connectivity index (χ3v) is 3.46. The molecule has 21 heavy (non-hydrogen) atoms. The van der Waals surface area contributed by atoms with Crippen LogP contribution in [-0.2, 0) is 17.7 Å². The molecule has 6 heteroatoms. The van der Waals surface area contributed by atoms with Crippen molar-refractivity contribution < 1.29 is 13.5 Å². The van der Waals surface area contributed by atoms with Gasteiger partial charge in [-0.3, -0.25) is 0 Å². The normalized spacial score (nSPS) is 11.4. The monoisotopic (exact) mass is 316 g/mol. The quantitative estimate of drug-likeness (QED) is 0.545. The van der Waals surface area contributed by atoms with Crippen LogP contribution >= 0.6 is 11.6 Å². The standard InChI is InChI=1S/C15H19ClF2N2O/c1-2-3-7-21-8-6-20-13-10-11(17)9-12(18)15(13)19-14(20)4-5-16/h9-10H,2-8H2,1H3. The highest BCUT2D eigenvalue weighted by Gasteiger charge is 2.15. The molecule has 116 valence electrons. The van der Waals surface area contributed by atoms with E-state index in [9.17, 15) is 8.78 Å². The van der Waals surface area contributed by atoms with Gasteiger partial charge in [0.25, 0.3) is 0 Å². The minimum Gasteiger partial charge on any atom is -0.380 e. The van der Waals surface area contributed by atoms with E-state index in [-0.39, 0.29) is 5.52 Å². The summed E-state index contributed by atoms with van der Waals surface area (Å²) < 4.78 is 34.5. The van der Waals surface area contributed by atoms with Gasteiger partial charge in [0.1, 0.15) is 17.2 Å². The zero-order valence-electron chi connectivity index (χ0n) is 12.0. The summed E-state index contributed by atoms with van der Waals surface area (Å²) in [4.78, 5) is 4.24. The first kappa shape index (κ1) is 16.2. The lowest BCUT2D eigenvalue weighted by Crippen LogP contribution is -2.10. The van der Waals surface area contributed by atoms with Crippen molar-refractivity contribution in [1.29, 1.82) is 0 Å². The van der Waals surface area contributed by atoms with Gasteiger partial charge in [0.15, 0.2) is 5.82 Å². The lowest BCUT2D eigenvalue weighted by Gasteiger charge is -2.09. The Labute approximate surface area is 127 Å². The van der Waals surface area contributed by atoms with Crippen LogP contribution in [0.3, 0.4) is 0 Å². The fourth-order valence-electron chi connectivity index (χ4n) is 2.23. The highest BCUT2D eigenvalue weighted by atomic mass is 35.5. The van der Waals surface area contributed by atoms with Crippen molar-refractivity contribution in [1.82, 2.24) is 9.55 Å². The van der Waals surface area contributed by atoms with Crippen molar-refractivity contribution >= 4 is 22.6 Å². The number of alkyl halides is 1. The van der Waals surface area contributed by atoms with E-state index < -0.39 is 11.6 Å². The van der Waals surface area contributed by atoms with Crippen LogP contribution in [0.5, 0.6) is 0 Å². The Morgan fingerprint density at radius 1 is 1.29 bits per heavy atom. The van der Waals surface area contributed by atoms with Crippen LogP contribution in [0, 0.1) is 11.6 Å². The predicted octanol–water partition coefficient (Wildman–Crippen LogP) is 3.91. The summed E-state index contributed by atoms with van der Waals surface area (Å²) in [5.41, 5.74) is 0.636. The molecule has 0 aliphatic rings. The number of aromatic nitrogens is 2. The van der Waals surface area contributed by atoms with E-state index in [2.05, 4.69) is 11.9 Å². The van der Waals surface area contributed by atoms with E-state index in [1.165, 1.54) is 6.07 Å². The molecule has 0 N–H and O–H groups in total. The number of fused-ring (bicyclic) bond motifs is 1. The molecule has 0 radical (unpaired) electrons. The van der Waals surface area contributed by atoms with Gasteiger partial charge in [-0.15, -0.1) is 11.6 Å². The van der Waals surface area contributed by atoms with Crippen LogP contribution in [0.25, 0.3) is 11.0 Å². The van der Waals surface area contributed by atoms with Crippen molar-refractivity contribution in [3.8, 4) is 0 Å². The first-order valence-corrected chi connectivity index (χ1v) is 7.68. The molecule has 2 rings (SSSR count). The Morgan fingerprint density at radius 3 is 2.81 bits per heavy atom. The molecule has 3 nitrogen and oxygen atoms in total. The highest BCUT2D eigenvalue weighted by molar-refractivity contribution is 6.17. The Bertz CT molecular complexity index is 601. The number of hydrogen-bond donors (Lipinski definition) is 0. The van der Waals surface area contributed by atoms with Crippen molar-refractivity contribution in [2.24, 2.45) is 0 Å². The lowest BCUT2D eigenvalue weighted by molar-refractivity contribution is 0.123. The zero-order valence-corrected chi connectivity index (χ0v) is 12.8. The first-order chi connectivity index (χ1) is 10.2. The number of ether oxygens (including phenoxy) is 1. The van der Waals surface area contributed by atoms with E-state index in [0.29, 0.717) is 43.4 Å². The molecule has 2 aromatic rings. The molecule has 0 fully saturated rings. The van der Waals surface area contributed by atoms with E-state index >= 15 is 0 Å². The van der Waals surface area contributed by atoms with Gasteiger partial charge in [-0.2, -0.15) is 0 Å². The minimum absolute atomic E-state index is 0.185. The first-order valence-electron chi connectivity index (χ1n) is 7.15. The maximum atomic E-state index is 13.8. The Kier molecular flexibility index (Phi) is 5.94. The Balaban J connectivity index is 2.23. The largest absolute Gasteiger partial charge is 0.380 e. The van der Waals surface area contributed by atoms with Gasteiger partial charge in [-0.05, 0) is 12.5 Å². The van der Waals surface area contributed by atoms with Gasteiger partial charge >= 0.3 is 0 Å². The highest BCUT2D eigenvalue weighted by Crippen LogP contribution is 2.21. The molecular formula is C15H19ClF2N2O. The van der Waals surface area contributed by atoms with Gasteiger partial charge in [0, 0.05) is 31.5 Å². The molecular weight excluding hydrogens is 298 g/mol. The van der Waals surface area contributed by atoms with E-state index in [1.807, 2.05) is 0 Å². The molecule has 0 aliphatic carbocycles. The fourth-order valence-corrected chi connectivity index (χ4v) is 2.40. The number of hydrogen-bond acceptors (Lipinski definition) is 2. The molecule has 0 saturated heterocycles. The SMILES string of the molecule is CCCCOCCn1c(CCCl)nc2c(F)cc(F)cc21. The van der Waals surface area contributed by atoms with Crippen LogP contribution in [-0.4, -0.2) is 28.6 Å². The Hall–Kier alpha value is -1.20. The minimum atomic E-state index is -0.647. The van der Waals surface area contributed by atoms with E-state index in [0.717, 1.165) is 18.9 Å². The summed E-state index contributed by atoms with van der Waals surface area (Å²) >= 11 is 5.76. The van der Waals surface area contributed by atoms with E-state index in [1.54, 1.807) is 4.57 Å². The lowest BCUT2D eigenvalue weighted by atomic mass is 10.3. The Morgan fingerprint density at radius 2 is 2.10 bits per heavy atom. The average molecular weight is 317 g/mol. The third kappa shape index (κ3) is 3.92. The second kappa shape index (κ2) is 7.71. The van der Waals surface area contributed by atoms with Crippen LogP contribution < -0.4 is 0 Å². The van der Waals surface area contributed by atoms with Crippen LogP contribution in [0.1, 0.15) is 25.6 Å². The maximum absolute atomic E-state index is 13.8. The summed E-state index contributed by atoms with van der Waals surface area (Å²) in [7, 11) is 0. The summed E-state index contributed by atoms with van der Waals surface area (Å²) in [6.07, 6.45) is 2.58. The number of nitrogens with zero attached hydrogens (tertiary/aromatic N) is 2. The summed E-state index contributed by atoms with van der Waals surface area (Å²) in [6.45, 7) is 3.78. The summed E-state index contributed by atoms with van der Waals surface area (Å²) in [5.74, 6) is -0.218. The predicted molar refractivity (Wildman–Crippen MR) is 79.8 cm³/mol. The number of imidazole rings is 1. The molecule has 1 heterocycles. The van der Waals surface area contributed by atoms with Crippen LogP contribution in [0.4, 0.5) is 8.78 Å². The number of aryl methyl sites for hydroxylation is 1. The molecule has 0 amide bonds. The molecule has 0 bridgehead atoms. The number of rotatable bonds is 8. The van der Waals surface area contributed by atoms with Gasteiger partial charge in [0.05, 0.1) is 12.1 Å². The van der Waals surface area contributed by atoms with Crippen molar-refractivity contribution in [2.45, 2.75) is 32.7 Å². The molecule has 0 unspecified atom stereocenters.